The Morgan fingerprint density at radius 3 is 2.86 bits per heavy atom. The van der Waals surface area contributed by atoms with Gasteiger partial charge in [0.15, 0.2) is 0 Å². The molecule has 0 N–H and O–H groups in total. The first kappa shape index (κ1) is 19.0. The van der Waals surface area contributed by atoms with Gasteiger partial charge < -0.3 is 9.15 Å². The molecule has 0 bridgehead atoms. The molecule has 0 fully saturated rings. The van der Waals surface area contributed by atoms with Gasteiger partial charge in [-0.05, 0) is 58.0 Å². The Hall–Kier alpha value is -3.33. The van der Waals surface area contributed by atoms with Crippen molar-refractivity contribution in [3.8, 4) is 5.69 Å². The Kier molecular flexibility index (Phi) is 4.98. The lowest BCUT2D eigenvalue weighted by Crippen LogP contribution is -2.09. The number of fused-ring (bicyclic) bond motifs is 1. The molecule has 3 heterocycles. The van der Waals surface area contributed by atoms with E-state index in [1.807, 2.05) is 19.1 Å². The number of tetrazole rings is 1. The minimum absolute atomic E-state index is 0.0471. The fourth-order valence-electron chi connectivity index (χ4n) is 3.25. The highest BCUT2D eigenvalue weighted by Crippen LogP contribution is 2.28. The molecule has 9 heteroatoms. The summed E-state index contributed by atoms with van der Waals surface area (Å²) in [6.07, 6.45) is 1.41. The van der Waals surface area contributed by atoms with E-state index in [2.05, 4.69) is 29.4 Å². The van der Waals surface area contributed by atoms with Gasteiger partial charge in [0.1, 0.15) is 23.4 Å². The third-order valence-corrected chi connectivity index (χ3v) is 5.51. The van der Waals surface area contributed by atoms with Crippen molar-refractivity contribution in [1.29, 1.82) is 0 Å². The number of esters is 1. The third-order valence-electron chi connectivity index (χ3n) is 4.62. The fraction of sp³-hybridized carbons (Fsp3) is 0.250. The summed E-state index contributed by atoms with van der Waals surface area (Å²) in [6.45, 7) is 6.14. The lowest BCUT2D eigenvalue weighted by atomic mass is 9.95. The van der Waals surface area contributed by atoms with E-state index in [0.29, 0.717) is 27.6 Å². The minimum Gasteiger partial charge on any atom is -0.457 e. The molecule has 1 aromatic carbocycles. The average molecular weight is 410 g/mol. The molecule has 0 spiro atoms. The van der Waals surface area contributed by atoms with E-state index in [9.17, 15) is 9.59 Å². The largest absolute Gasteiger partial charge is 0.457 e. The molecule has 3 aromatic heterocycles. The number of thiophene rings is 1. The lowest BCUT2D eigenvalue weighted by molar-refractivity contribution is 0.0479. The molecular formula is C20H18N4O4S. The first-order valence-corrected chi connectivity index (χ1v) is 9.87. The number of hydrogen-bond donors (Lipinski definition) is 0. The highest BCUT2D eigenvalue weighted by atomic mass is 32.1. The van der Waals surface area contributed by atoms with Gasteiger partial charge in [-0.15, -0.1) is 16.4 Å². The summed E-state index contributed by atoms with van der Waals surface area (Å²) < 4.78 is 12.3. The van der Waals surface area contributed by atoms with Crippen LogP contribution in [0.2, 0.25) is 0 Å². The average Bonchev–Trinajstić information content (AvgIpc) is 3.35. The number of ether oxygens (including phenoxy) is 1. The molecule has 0 saturated carbocycles. The van der Waals surface area contributed by atoms with E-state index in [-0.39, 0.29) is 6.61 Å². The van der Waals surface area contributed by atoms with Gasteiger partial charge in [-0.1, -0.05) is 13.8 Å². The van der Waals surface area contributed by atoms with Crippen LogP contribution in [0.4, 0.5) is 0 Å². The number of carbonyl (C=O) groups is 1. The minimum atomic E-state index is -0.511. The van der Waals surface area contributed by atoms with Gasteiger partial charge in [0.2, 0.25) is 0 Å². The summed E-state index contributed by atoms with van der Waals surface area (Å²) >= 11 is 1.23. The molecule has 0 radical (unpaired) electrons. The van der Waals surface area contributed by atoms with Gasteiger partial charge >= 0.3 is 11.6 Å². The highest BCUT2D eigenvalue weighted by Gasteiger charge is 2.18. The molecule has 0 aliphatic carbocycles. The lowest BCUT2D eigenvalue weighted by Gasteiger charge is -2.13. The van der Waals surface area contributed by atoms with E-state index in [1.54, 1.807) is 11.4 Å². The zero-order valence-electron chi connectivity index (χ0n) is 16.1. The quantitative estimate of drug-likeness (QED) is 0.366. The van der Waals surface area contributed by atoms with Crippen LogP contribution in [0.5, 0.6) is 0 Å². The summed E-state index contributed by atoms with van der Waals surface area (Å²) in [5.74, 6) is -0.199. The molecule has 8 nitrogen and oxygen atoms in total. The Bertz CT molecular complexity index is 1240. The van der Waals surface area contributed by atoms with Crippen LogP contribution in [-0.2, 0) is 11.3 Å². The van der Waals surface area contributed by atoms with Gasteiger partial charge in [-0.3, -0.25) is 0 Å². The van der Waals surface area contributed by atoms with Crippen LogP contribution in [0.25, 0.3) is 16.7 Å². The topological polar surface area (TPSA) is 100 Å². The molecule has 0 aliphatic heterocycles. The maximum atomic E-state index is 12.7. The van der Waals surface area contributed by atoms with Crippen LogP contribution >= 0.6 is 11.3 Å². The van der Waals surface area contributed by atoms with Crippen molar-refractivity contribution in [2.45, 2.75) is 33.3 Å². The Balaban J connectivity index is 1.65. The van der Waals surface area contributed by atoms with E-state index in [0.717, 1.165) is 16.5 Å². The molecule has 4 rings (SSSR count). The first-order valence-electron chi connectivity index (χ1n) is 8.99. The third kappa shape index (κ3) is 3.68. The van der Waals surface area contributed by atoms with Crippen molar-refractivity contribution in [3.63, 3.8) is 0 Å². The number of aryl methyl sites for hydroxylation is 1. The predicted molar refractivity (Wildman–Crippen MR) is 107 cm³/mol. The monoisotopic (exact) mass is 410 g/mol. The van der Waals surface area contributed by atoms with Crippen molar-refractivity contribution >= 4 is 28.3 Å². The van der Waals surface area contributed by atoms with Gasteiger partial charge in [0.05, 0.1) is 5.69 Å². The van der Waals surface area contributed by atoms with Crippen LogP contribution in [0.3, 0.4) is 0 Å². The van der Waals surface area contributed by atoms with E-state index in [1.165, 1.54) is 28.4 Å². The van der Waals surface area contributed by atoms with Gasteiger partial charge in [-0.25, -0.2) is 9.59 Å². The van der Waals surface area contributed by atoms with Crippen molar-refractivity contribution < 1.29 is 13.9 Å². The van der Waals surface area contributed by atoms with E-state index < -0.39 is 11.6 Å². The van der Waals surface area contributed by atoms with Gasteiger partial charge in [-0.2, -0.15) is 4.68 Å². The summed E-state index contributed by atoms with van der Waals surface area (Å²) in [7, 11) is 0. The summed E-state index contributed by atoms with van der Waals surface area (Å²) in [6, 6.07) is 6.96. The molecule has 0 aliphatic rings. The van der Waals surface area contributed by atoms with E-state index >= 15 is 0 Å². The molecule has 0 saturated heterocycles. The second kappa shape index (κ2) is 7.59. The van der Waals surface area contributed by atoms with Crippen molar-refractivity contribution in [3.05, 3.63) is 68.0 Å². The molecule has 4 aromatic rings. The Morgan fingerprint density at radius 2 is 2.14 bits per heavy atom. The van der Waals surface area contributed by atoms with Crippen molar-refractivity contribution in [2.75, 3.05) is 0 Å². The molecule has 0 amide bonds. The van der Waals surface area contributed by atoms with Crippen LogP contribution in [0.15, 0.2) is 45.2 Å². The Morgan fingerprint density at radius 1 is 1.31 bits per heavy atom. The number of rotatable bonds is 5. The fourth-order valence-corrected chi connectivity index (χ4v) is 4.02. The van der Waals surface area contributed by atoms with Crippen molar-refractivity contribution in [1.82, 2.24) is 20.2 Å². The maximum Gasteiger partial charge on any atom is 0.350 e. The normalized spacial score (nSPS) is 11.3. The maximum absolute atomic E-state index is 12.7. The molecule has 0 unspecified atom stereocenters. The highest BCUT2D eigenvalue weighted by molar-refractivity contribution is 7.12. The number of benzene rings is 1. The van der Waals surface area contributed by atoms with Gasteiger partial charge in [0.25, 0.3) is 0 Å². The van der Waals surface area contributed by atoms with Crippen molar-refractivity contribution in [2.24, 2.45) is 0 Å². The second-order valence-corrected chi connectivity index (χ2v) is 7.83. The van der Waals surface area contributed by atoms with E-state index in [4.69, 9.17) is 9.15 Å². The molecule has 148 valence electrons. The Labute approximate surface area is 169 Å². The molecular weight excluding hydrogens is 392 g/mol. The number of hydrogen-bond acceptors (Lipinski definition) is 8. The van der Waals surface area contributed by atoms with Crippen LogP contribution in [0.1, 0.15) is 46.1 Å². The second-order valence-electron chi connectivity index (χ2n) is 6.92. The standard InChI is InChI=1S/C20H18N4O4S/c1-11(2)14-8-15-13(7-18(25)28-17(15)6-12(14)3)9-27-20(26)19-16(4-5-29-19)24-10-21-22-23-24/h4-8,10-11H,9H2,1-3H3. The van der Waals surface area contributed by atoms with Crippen LogP contribution < -0.4 is 5.63 Å². The smallest absolute Gasteiger partial charge is 0.350 e. The molecule has 29 heavy (non-hydrogen) atoms. The zero-order chi connectivity index (χ0) is 20.5. The predicted octanol–water partition coefficient (Wildman–Crippen LogP) is 3.62. The summed E-state index contributed by atoms with van der Waals surface area (Å²) in [5, 5.41) is 13.5. The SMILES string of the molecule is Cc1cc2oc(=O)cc(COC(=O)c3sccc3-n3cnnn3)c2cc1C(C)C. The molecule has 0 atom stereocenters. The van der Waals surface area contributed by atoms with Crippen LogP contribution in [-0.4, -0.2) is 26.2 Å². The summed E-state index contributed by atoms with van der Waals surface area (Å²) in [5.41, 5.74) is 3.35. The first-order chi connectivity index (χ1) is 13.9. The summed E-state index contributed by atoms with van der Waals surface area (Å²) in [4.78, 5) is 25.0. The number of carbonyl (C=O) groups excluding carboxylic acids is 1. The zero-order valence-corrected chi connectivity index (χ0v) is 16.9. The number of nitrogens with zero attached hydrogens (tertiary/aromatic N) is 4. The number of aromatic nitrogens is 4. The van der Waals surface area contributed by atoms with Gasteiger partial charge in [0, 0.05) is 17.0 Å². The van der Waals surface area contributed by atoms with Crippen LogP contribution in [0, 0.1) is 6.92 Å².